The minimum atomic E-state index is 0.0971. The first-order valence-electron chi connectivity index (χ1n) is 7.18. The number of para-hydroxylation sites is 1. The maximum Gasteiger partial charge on any atom is 0.0609 e. The second-order valence-corrected chi connectivity index (χ2v) is 6.21. The van der Waals surface area contributed by atoms with E-state index in [-0.39, 0.29) is 5.41 Å². The Morgan fingerprint density at radius 1 is 1.15 bits per heavy atom. The molecule has 0 spiro atoms. The summed E-state index contributed by atoms with van der Waals surface area (Å²) in [6.45, 7) is 4.65. The zero-order chi connectivity index (χ0) is 13.7. The Kier molecular flexibility index (Phi) is 2.31. The second-order valence-electron chi connectivity index (χ2n) is 6.21. The lowest BCUT2D eigenvalue weighted by atomic mass is 9.77. The largest absolute Gasteiger partial charge is 0.377 e. The van der Waals surface area contributed by atoms with Gasteiger partial charge >= 0.3 is 0 Å². The van der Waals surface area contributed by atoms with Crippen molar-refractivity contribution in [2.24, 2.45) is 0 Å². The van der Waals surface area contributed by atoms with E-state index in [1.54, 1.807) is 0 Å². The van der Waals surface area contributed by atoms with Crippen LogP contribution in [0.1, 0.15) is 30.7 Å². The fourth-order valence-electron chi connectivity index (χ4n) is 3.58. The van der Waals surface area contributed by atoms with E-state index in [1.165, 1.54) is 28.1 Å². The van der Waals surface area contributed by atoms with Gasteiger partial charge in [0.05, 0.1) is 11.7 Å². The van der Waals surface area contributed by atoms with Crippen LogP contribution in [0.25, 0.3) is 5.57 Å². The van der Waals surface area contributed by atoms with E-state index in [1.807, 2.05) is 12.3 Å². The quantitative estimate of drug-likeness (QED) is 0.845. The summed E-state index contributed by atoms with van der Waals surface area (Å²) >= 11 is 0. The fraction of sp³-hybridized carbons (Fsp3) is 0.278. The van der Waals surface area contributed by atoms with Crippen LogP contribution in [-0.2, 0) is 11.8 Å². The smallest absolute Gasteiger partial charge is 0.0609 e. The topological polar surface area (TPSA) is 24.9 Å². The Balaban J connectivity index is 1.80. The molecule has 0 fully saturated rings. The highest BCUT2D eigenvalue weighted by Gasteiger charge is 2.42. The van der Waals surface area contributed by atoms with Gasteiger partial charge < -0.3 is 5.32 Å². The van der Waals surface area contributed by atoms with Crippen molar-refractivity contribution < 1.29 is 0 Å². The number of aromatic nitrogens is 1. The van der Waals surface area contributed by atoms with E-state index < -0.39 is 0 Å². The first kappa shape index (κ1) is 11.7. The predicted molar refractivity (Wildman–Crippen MR) is 82.8 cm³/mol. The lowest BCUT2D eigenvalue weighted by Crippen LogP contribution is -2.34. The summed E-state index contributed by atoms with van der Waals surface area (Å²) in [4.78, 5) is 4.50. The molecule has 2 aliphatic rings. The summed E-state index contributed by atoms with van der Waals surface area (Å²) in [5, 5.41) is 3.71. The van der Waals surface area contributed by atoms with Gasteiger partial charge in [0.2, 0.25) is 0 Å². The Labute approximate surface area is 119 Å². The van der Waals surface area contributed by atoms with Crippen LogP contribution in [-0.4, -0.2) is 11.0 Å². The molecule has 0 amide bonds. The van der Waals surface area contributed by atoms with Crippen LogP contribution in [0, 0.1) is 0 Å². The molecule has 1 aliphatic carbocycles. The van der Waals surface area contributed by atoms with Gasteiger partial charge in [-0.1, -0.05) is 44.2 Å². The summed E-state index contributed by atoms with van der Waals surface area (Å²) in [6, 6.07) is 13.2. The number of benzene rings is 1. The zero-order valence-electron chi connectivity index (χ0n) is 11.9. The highest BCUT2D eigenvalue weighted by Crippen LogP contribution is 2.46. The summed E-state index contributed by atoms with van der Waals surface area (Å²) in [6.07, 6.45) is 5.18. The number of nitrogens with one attached hydrogen (secondary N) is 1. The molecule has 0 saturated heterocycles. The van der Waals surface area contributed by atoms with Gasteiger partial charge in [0, 0.05) is 29.3 Å². The van der Waals surface area contributed by atoms with Gasteiger partial charge in [-0.05, 0) is 23.3 Å². The van der Waals surface area contributed by atoms with Gasteiger partial charge in [-0.3, -0.25) is 4.98 Å². The van der Waals surface area contributed by atoms with Gasteiger partial charge in [-0.2, -0.15) is 0 Å². The van der Waals surface area contributed by atoms with E-state index in [0.717, 1.165) is 6.42 Å². The van der Waals surface area contributed by atoms with Crippen LogP contribution in [0.15, 0.2) is 48.7 Å². The van der Waals surface area contributed by atoms with E-state index in [0.29, 0.717) is 6.04 Å². The first-order chi connectivity index (χ1) is 9.68. The third-order valence-corrected chi connectivity index (χ3v) is 4.67. The summed E-state index contributed by atoms with van der Waals surface area (Å²) in [7, 11) is 0. The van der Waals surface area contributed by atoms with E-state index in [9.17, 15) is 0 Å². The van der Waals surface area contributed by atoms with Gasteiger partial charge in [0.1, 0.15) is 0 Å². The zero-order valence-corrected chi connectivity index (χ0v) is 11.9. The van der Waals surface area contributed by atoms with Crippen molar-refractivity contribution in [2.75, 3.05) is 5.32 Å². The van der Waals surface area contributed by atoms with Crippen molar-refractivity contribution in [1.29, 1.82) is 0 Å². The molecule has 1 unspecified atom stereocenters. The van der Waals surface area contributed by atoms with Crippen LogP contribution in [0.2, 0.25) is 0 Å². The minimum Gasteiger partial charge on any atom is -0.377 e. The third-order valence-electron chi connectivity index (χ3n) is 4.67. The number of allylic oxidation sites excluding steroid dienone is 1. The number of fused-ring (bicyclic) bond motifs is 2. The summed E-state index contributed by atoms with van der Waals surface area (Å²) in [5.74, 6) is 0. The normalized spacial score (nSPS) is 21.9. The van der Waals surface area contributed by atoms with Crippen LogP contribution in [0.3, 0.4) is 0 Å². The molecule has 2 aromatic rings. The SMILES string of the molecule is CC1(C)c2ccccc2NC1C1=CCc2ncccc21. The molecule has 100 valence electrons. The van der Waals surface area contributed by atoms with Gasteiger partial charge in [-0.15, -0.1) is 0 Å². The van der Waals surface area contributed by atoms with Gasteiger partial charge in [0.25, 0.3) is 0 Å². The summed E-state index contributed by atoms with van der Waals surface area (Å²) in [5.41, 5.74) is 6.68. The second kappa shape index (κ2) is 3.95. The predicted octanol–water partition coefficient (Wildman–Crippen LogP) is 3.79. The van der Waals surface area contributed by atoms with Gasteiger partial charge in [0.15, 0.2) is 0 Å². The minimum absolute atomic E-state index is 0.0971. The number of pyridine rings is 1. The number of hydrogen-bond acceptors (Lipinski definition) is 2. The molecule has 4 rings (SSSR count). The Hall–Kier alpha value is -2.09. The molecular weight excluding hydrogens is 244 g/mol. The standard InChI is InChI=1S/C18H18N2/c1-18(2)14-7-3-4-8-16(14)20-17(18)13-9-10-15-12(13)6-5-11-19-15/h3-9,11,17,20H,10H2,1-2H3. The number of nitrogens with zero attached hydrogens (tertiary/aromatic N) is 1. The van der Waals surface area contributed by atoms with Crippen molar-refractivity contribution >= 4 is 11.3 Å². The van der Waals surface area contributed by atoms with E-state index in [4.69, 9.17) is 0 Å². The van der Waals surface area contributed by atoms with Gasteiger partial charge in [-0.25, -0.2) is 0 Å². The van der Waals surface area contributed by atoms with Crippen LogP contribution < -0.4 is 5.32 Å². The van der Waals surface area contributed by atoms with Crippen LogP contribution in [0.5, 0.6) is 0 Å². The summed E-state index contributed by atoms with van der Waals surface area (Å²) < 4.78 is 0. The molecule has 1 aliphatic heterocycles. The van der Waals surface area contributed by atoms with Crippen molar-refractivity contribution in [3.63, 3.8) is 0 Å². The molecule has 0 saturated carbocycles. The molecule has 1 N–H and O–H groups in total. The molecular formula is C18H18N2. The third kappa shape index (κ3) is 1.48. The van der Waals surface area contributed by atoms with E-state index >= 15 is 0 Å². The monoisotopic (exact) mass is 262 g/mol. The molecule has 20 heavy (non-hydrogen) atoms. The first-order valence-corrected chi connectivity index (χ1v) is 7.18. The van der Waals surface area contributed by atoms with Crippen LogP contribution >= 0.6 is 0 Å². The van der Waals surface area contributed by atoms with Crippen molar-refractivity contribution in [1.82, 2.24) is 4.98 Å². The molecule has 1 atom stereocenters. The fourth-order valence-corrected chi connectivity index (χ4v) is 3.58. The average molecular weight is 262 g/mol. The van der Waals surface area contributed by atoms with Crippen molar-refractivity contribution in [3.05, 3.63) is 65.5 Å². The Morgan fingerprint density at radius 3 is 2.85 bits per heavy atom. The Morgan fingerprint density at radius 2 is 2.00 bits per heavy atom. The lowest BCUT2D eigenvalue weighted by molar-refractivity contribution is 0.527. The molecule has 0 radical (unpaired) electrons. The molecule has 0 bridgehead atoms. The highest BCUT2D eigenvalue weighted by molar-refractivity contribution is 5.82. The maximum atomic E-state index is 4.50. The number of anilines is 1. The molecule has 1 aromatic heterocycles. The number of hydrogen-bond donors (Lipinski definition) is 1. The van der Waals surface area contributed by atoms with E-state index in [2.05, 4.69) is 60.6 Å². The number of rotatable bonds is 1. The van der Waals surface area contributed by atoms with Crippen LogP contribution in [0.4, 0.5) is 5.69 Å². The maximum absolute atomic E-state index is 4.50. The Bertz CT molecular complexity index is 713. The average Bonchev–Trinajstić information content (AvgIpc) is 2.98. The molecule has 1 aromatic carbocycles. The highest BCUT2D eigenvalue weighted by atomic mass is 15.0. The molecule has 2 heteroatoms. The lowest BCUT2D eigenvalue weighted by Gasteiger charge is -2.29. The van der Waals surface area contributed by atoms with Crippen molar-refractivity contribution in [3.8, 4) is 0 Å². The molecule has 2 nitrogen and oxygen atoms in total. The molecule has 2 heterocycles. The van der Waals surface area contributed by atoms with Crippen molar-refractivity contribution in [2.45, 2.75) is 31.7 Å².